The van der Waals surface area contributed by atoms with Crippen LogP contribution in [0.2, 0.25) is 0 Å². The van der Waals surface area contributed by atoms with E-state index in [1.807, 2.05) is 34.9 Å². The van der Waals surface area contributed by atoms with Crippen LogP contribution in [0, 0.1) is 0 Å². The summed E-state index contributed by atoms with van der Waals surface area (Å²) in [6.07, 6.45) is 0. The highest BCUT2D eigenvalue weighted by Gasteiger charge is 2.39. The lowest BCUT2D eigenvalue weighted by molar-refractivity contribution is 0.997. The third kappa shape index (κ3) is 1.09. The van der Waals surface area contributed by atoms with Crippen molar-refractivity contribution >= 4 is 48.2 Å². The van der Waals surface area contributed by atoms with E-state index in [1.165, 1.54) is 15.3 Å². The minimum atomic E-state index is 0.655. The molecule has 13 heavy (non-hydrogen) atoms. The van der Waals surface area contributed by atoms with Gasteiger partial charge in [-0.15, -0.1) is 34.9 Å². The van der Waals surface area contributed by atoms with Gasteiger partial charge >= 0.3 is 0 Å². The SMILES string of the molecule is [B]c1csc2c1SC1C(C)=CSC21. The third-order valence-electron chi connectivity index (χ3n) is 2.43. The van der Waals surface area contributed by atoms with Crippen molar-refractivity contribution in [1.82, 2.24) is 0 Å². The lowest BCUT2D eigenvalue weighted by Gasteiger charge is -2.08. The van der Waals surface area contributed by atoms with Gasteiger partial charge < -0.3 is 0 Å². The number of fused-ring (bicyclic) bond motifs is 3. The summed E-state index contributed by atoms with van der Waals surface area (Å²) in [5.74, 6) is 0. The van der Waals surface area contributed by atoms with Gasteiger partial charge in [-0.25, -0.2) is 0 Å². The van der Waals surface area contributed by atoms with Crippen LogP contribution in [0.25, 0.3) is 0 Å². The van der Waals surface area contributed by atoms with Crippen molar-refractivity contribution in [2.45, 2.75) is 22.3 Å². The van der Waals surface area contributed by atoms with Gasteiger partial charge in [-0.2, -0.15) is 0 Å². The zero-order valence-corrected chi connectivity index (χ0v) is 9.56. The van der Waals surface area contributed by atoms with E-state index >= 15 is 0 Å². The molecule has 0 aromatic carbocycles. The highest BCUT2D eigenvalue weighted by Crippen LogP contribution is 2.58. The Morgan fingerprint density at radius 1 is 1.38 bits per heavy atom. The first-order valence-electron chi connectivity index (χ1n) is 4.13. The van der Waals surface area contributed by atoms with E-state index in [2.05, 4.69) is 17.7 Å². The van der Waals surface area contributed by atoms with E-state index in [0.717, 1.165) is 5.46 Å². The van der Waals surface area contributed by atoms with Crippen molar-refractivity contribution in [1.29, 1.82) is 0 Å². The summed E-state index contributed by atoms with van der Waals surface area (Å²) in [5.41, 5.74) is 2.48. The summed E-state index contributed by atoms with van der Waals surface area (Å²) in [7, 11) is 5.90. The largest absolute Gasteiger partial charge is 0.147 e. The number of thiophene rings is 1. The molecule has 1 aromatic heterocycles. The predicted octanol–water partition coefficient (Wildman–Crippen LogP) is 2.71. The Balaban J connectivity index is 2.08. The van der Waals surface area contributed by atoms with Gasteiger partial charge in [0.1, 0.15) is 7.85 Å². The average molecular weight is 222 g/mol. The van der Waals surface area contributed by atoms with E-state index in [1.54, 1.807) is 0 Å². The highest BCUT2D eigenvalue weighted by atomic mass is 32.2. The van der Waals surface area contributed by atoms with Gasteiger partial charge in [-0.3, -0.25) is 0 Å². The van der Waals surface area contributed by atoms with Gasteiger partial charge in [0.05, 0.1) is 5.25 Å². The maximum atomic E-state index is 5.90. The molecule has 0 saturated carbocycles. The quantitative estimate of drug-likeness (QED) is 0.619. The second-order valence-electron chi connectivity index (χ2n) is 3.34. The summed E-state index contributed by atoms with van der Waals surface area (Å²) in [6.45, 7) is 2.22. The van der Waals surface area contributed by atoms with E-state index in [-0.39, 0.29) is 0 Å². The summed E-state index contributed by atoms with van der Waals surface area (Å²) in [6, 6.07) is 0. The molecule has 3 heterocycles. The van der Waals surface area contributed by atoms with Crippen LogP contribution >= 0.6 is 34.9 Å². The zero-order chi connectivity index (χ0) is 9.00. The molecule has 2 unspecified atom stereocenters. The summed E-state index contributed by atoms with van der Waals surface area (Å²) >= 11 is 5.71. The Hall–Kier alpha value is 0.205. The van der Waals surface area contributed by atoms with Crippen LogP contribution in [-0.4, -0.2) is 13.1 Å². The van der Waals surface area contributed by atoms with Crippen LogP contribution in [-0.2, 0) is 0 Å². The van der Waals surface area contributed by atoms with Crippen molar-refractivity contribution in [3.05, 3.63) is 21.2 Å². The zero-order valence-electron chi connectivity index (χ0n) is 7.11. The molecule has 0 amide bonds. The number of hydrogen-bond acceptors (Lipinski definition) is 3. The fourth-order valence-electron chi connectivity index (χ4n) is 1.74. The molecule has 2 atom stereocenters. The number of thioether (sulfide) groups is 2. The Labute approximate surface area is 91.6 Å². The molecule has 2 aliphatic heterocycles. The van der Waals surface area contributed by atoms with E-state index in [0.29, 0.717) is 10.5 Å². The van der Waals surface area contributed by atoms with E-state index in [9.17, 15) is 0 Å². The molecule has 1 aromatic rings. The summed E-state index contributed by atoms with van der Waals surface area (Å²) in [4.78, 5) is 2.84. The first-order valence-corrected chi connectivity index (χ1v) is 6.83. The highest BCUT2D eigenvalue weighted by molar-refractivity contribution is 8.07. The Morgan fingerprint density at radius 3 is 3.08 bits per heavy atom. The number of hydrogen-bond donors (Lipinski definition) is 0. The molecule has 0 fully saturated rings. The average Bonchev–Trinajstić information content (AvgIpc) is 2.70. The Morgan fingerprint density at radius 2 is 2.23 bits per heavy atom. The van der Waals surface area contributed by atoms with Crippen molar-refractivity contribution < 1.29 is 0 Å². The number of rotatable bonds is 0. The lowest BCUT2D eigenvalue weighted by Crippen LogP contribution is -2.02. The molecular weight excluding hydrogens is 215 g/mol. The molecule has 3 rings (SSSR count). The molecule has 0 N–H and O–H groups in total. The fraction of sp³-hybridized carbons (Fsp3) is 0.333. The lowest BCUT2D eigenvalue weighted by atomic mass is 9.99. The molecular formula is C9H7BS3. The first kappa shape index (κ1) is 8.51. The van der Waals surface area contributed by atoms with Crippen LogP contribution in [0.4, 0.5) is 0 Å². The van der Waals surface area contributed by atoms with Gasteiger partial charge in [0.15, 0.2) is 0 Å². The van der Waals surface area contributed by atoms with Crippen LogP contribution in [0.1, 0.15) is 17.1 Å². The van der Waals surface area contributed by atoms with Crippen molar-refractivity contribution in [2.24, 2.45) is 0 Å². The van der Waals surface area contributed by atoms with Gasteiger partial charge in [0.2, 0.25) is 0 Å². The van der Waals surface area contributed by atoms with Gasteiger partial charge in [0.25, 0.3) is 0 Å². The second-order valence-corrected chi connectivity index (χ2v) is 6.42. The maximum absolute atomic E-state index is 5.90. The minimum absolute atomic E-state index is 0.655. The van der Waals surface area contributed by atoms with Crippen molar-refractivity contribution in [3.63, 3.8) is 0 Å². The summed E-state index contributed by atoms with van der Waals surface area (Å²) < 4.78 is 0. The topological polar surface area (TPSA) is 0 Å². The monoisotopic (exact) mass is 222 g/mol. The Bertz CT molecular complexity index is 394. The molecule has 0 nitrogen and oxygen atoms in total. The minimum Gasteiger partial charge on any atom is -0.147 e. The second kappa shape index (κ2) is 2.85. The van der Waals surface area contributed by atoms with E-state index in [4.69, 9.17) is 7.85 Å². The molecule has 64 valence electrons. The van der Waals surface area contributed by atoms with Crippen LogP contribution in [0.5, 0.6) is 0 Å². The summed E-state index contributed by atoms with van der Waals surface area (Å²) in [5, 5.41) is 5.68. The molecule has 0 saturated heterocycles. The van der Waals surface area contributed by atoms with E-state index < -0.39 is 0 Å². The molecule has 0 bridgehead atoms. The standard InChI is InChI=1S/C9H7BS3/c1-4-2-11-8-6(4)13-7-5(10)3-12-9(7)8/h2-3,6,8H,1H3. The molecule has 0 aliphatic carbocycles. The van der Waals surface area contributed by atoms with Gasteiger partial charge in [-0.05, 0) is 17.7 Å². The van der Waals surface area contributed by atoms with Crippen molar-refractivity contribution in [2.75, 3.05) is 0 Å². The maximum Gasteiger partial charge on any atom is 0.116 e. The smallest absolute Gasteiger partial charge is 0.116 e. The molecule has 4 heteroatoms. The van der Waals surface area contributed by atoms with Gasteiger partial charge in [0, 0.05) is 15.0 Å². The van der Waals surface area contributed by atoms with Gasteiger partial charge in [-0.1, -0.05) is 11.0 Å². The van der Waals surface area contributed by atoms with Crippen LogP contribution in [0.3, 0.4) is 0 Å². The molecule has 0 spiro atoms. The fourth-order valence-corrected chi connectivity index (χ4v) is 6.22. The van der Waals surface area contributed by atoms with Crippen LogP contribution in [0.15, 0.2) is 21.3 Å². The first-order chi connectivity index (χ1) is 6.27. The normalized spacial score (nSPS) is 30.1. The van der Waals surface area contributed by atoms with Crippen LogP contribution < -0.4 is 5.46 Å². The third-order valence-corrected chi connectivity index (χ3v) is 6.86. The molecule has 2 radical (unpaired) electrons. The predicted molar refractivity (Wildman–Crippen MR) is 63.4 cm³/mol. The Kier molecular flexibility index (Phi) is 1.86. The molecule has 2 aliphatic rings. The van der Waals surface area contributed by atoms with Crippen molar-refractivity contribution in [3.8, 4) is 0 Å².